The first kappa shape index (κ1) is 15.4. The number of hydrogen-bond acceptors (Lipinski definition) is 3. The van der Waals surface area contributed by atoms with Gasteiger partial charge < -0.3 is 15.7 Å². The maximum Gasteiger partial charge on any atom is 0.254 e. The van der Waals surface area contributed by atoms with Crippen molar-refractivity contribution in [2.45, 2.75) is 31.7 Å². The van der Waals surface area contributed by atoms with Crippen LogP contribution in [-0.4, -0.2) is 35.1 Å². The van der Waals surface area contributed by atoms with Crippen molar-refractivity contribution in [3.63, 3.8) is 0 Å². The fourth-order valence-corrected chi connectivity index (χ4v) is 3.13. The van der Waals surface area contributed by atoms with Crippen LogP contribution in [0.2, 0.25) is 10.0 Å². The van der Waals surface area contributed by atoms with Crippen molar-refractivity contribution in [2.24, 2.45) is 0 Å². The first-order valence-corrected chi connectivity index (χ1v) is 7.46. The number of aliphatic hydroxyl groups is 1. The number of amides is 1. The quantitative estimate of drug-likeness (QED) is 0.839. The number of carbonyl (C=O) groups excluding carboxylic acids is 1. The number of benzene rings is 1. The summed E-state index contributed by atoms with van der Waals surface area (Å²) in [5.74, 6) is -0.158. The Morgan fingerprint density at radius 3 is 2.35 bits per heavy atom. The third-order valence-electron chi connectivity index (χ3n) is 3.69. The molecule has 0 aliphatic heterocycles. The van der Waals surface area contributed by atoms with E-state index < -0.39 is 0 Å². The van der Waals surface area contributed by atoms with Gasteiger partial charge in [-0.3, -0.25) is 4.79 Å². The van der Waals surface area contributed by atoms with Gasteiger partial charge in [0.05, 0.1) is 22.3 Å². The van der Waals surface area contributed by atoms with Crippen LogP contribution in [0.5, 0.6) is 0 Å². The molecule has 0 bridgehead atoms. The average Bonchev–Trinajstić information content (AvgIpc) is 2.94. The van der Waals surface area contributed by atoms with Crippen LogP contribution in [0.3, 0.4) is 0 Å². The van der Waals surface area contributed by atoms with Gasteiger partial charge in [0, 0.05) is 18.2 Å². The molecule has 0 radical (unpaired) electrons. The van der Waals surface area contributed by atoms with Crippen LogP contribution >= 0.6 is 23.2 Å². The SMILES string of the molecule is Nc1c(Cl)cc(C(=O)N(CCO)C2CCCC2)cc1Cl. The highest BCUT2D eigenvalue weighted by molar-refractivity contribution is 6.39. The molecule has 1 fully saturated rings. The number of aliphatic hydroxyl groups excluding tert-OH is 1. The Morgan fingerprint density at radius 1 is 1.30 bits per heavy atom. The number of carbonyl (C=O) groups is 1. The molecule has 4 nitrogen and oxygen atoms in total. The minimum absolute atomic E-state index is 0.0569. The van der Waals surface area contributed by atoms with E-state index in [1.165, 1.54) is 12.1 Å². The summed E-state index contributed by atoms with van der Waals surface area (Å²) in [7, 11) is 0. The molecule has 2 rings (SSSR count). The second kappa shape index (κ2) is 6.66. The Balaban J connectivity index is 2.27. The van der Waals surface area contributed by atoms with Crippen molar-refractivity contribution in [2.75, 3.05) is 18.9 Å². The number of halogens is 2. The standard InChI is InChI=1S/C14H18Cl2N2O2/c15-11-7-9(8-12(16)13(11)17)14(20)18(5-6-19)10-3-1-2-4-10/h7-8,10,19H,1-6,17H2. The van der Waals surface area contributed by atoms with Gasteiger partial charge in [0.15, 0.2) is 0 Å². The van der Waals surface area contributed by atoms with E-state index in [0.717, 1.165) is 25.7 Å². The first-order chi connectivity index (χ1) is 9.54. The summed E-state index contributed by atoms with van der Waals surface area (Å²) in [6.07, 6.45) is 4.18. The molecule has 1 aromatic rings. The number of nitrogens with two attached hydrogens (primary N) is 1. The normalized spacial score (nSPS) is 15.6. The van der Waals surface area contributed by atoms with Gasteiger partial charge >= 0.3 is 0 Å². The fourth-order valence-electron chi connectivity index (χ4n) is 2.65. The van der Waals surface area contributed by atoms with Crippen LogP contribution < -0.4 is 5.73 Å². The Kier molecular flexibility index (Phi) is 5.13. The van der Waals surface area contributed by atoms with Crippen molar-refractivity contribution in [1.82, 2.24) is 4.90 Å². The van der Waals surface area contributed by atoms with E-state index in [4.69, 9.17) is 28.9 Å². The van der Waals surface area contributed by atoms with Crippen LogP contribution in [0, 0.1) is 0 Å². The lowest BCUT2D eigenvalue weighted by molar-refractivity contribution is 0.0638. The number of anilines is 1. The summed E-state index contributed by atoms with van der Waals surface area (Å²) in [5, 5.41) is 9.73. The van der Waals surface area contributed by atoms with Crippen molar-refractivity contribution in [1.29, 1.82) is 0 Å². The van der Waals surface area contributed by atoms with E-state index in [9.17, 15) is 9.90 Å². The van der Waals surface area contributed by atoms with Gasteiger partial charge in [-0.25, -0.2) is 0 Å². The Hall–Kier alpha value is -0.970. The molecule has 0 unspecified atom stereocenters. The van der Waals surface area contributed by atoms with E-state index in [-0.39, 0.29) is 34.3 Å². The number of nitrogens with zero attached hydrogens (tertiary/aromatic N) is 1. The van der Waals surface area contributed by atoms with Gasteiger partial charge in [-0.05, 0) is 25.0 Å². The molecule has 1 aliphatic rings. The molecule has 110 valence electrons. The lowest BCUT2D eigenvalue weighted by Crippen LogP contribution is -2.40. The molecule has 0 aromatic heterocycles. The lowest BCUT2D eigenvalue weighted by atomic mass is 10.1. The zero-order chi connectivity index (χ0) is 14.7. The maximum absolute atomic E-state index is 12.6. The van der Waals surface area contributed by atoms with E-state index in [2.05, 4.69) is 0 Å². The highest BCUT2D eigenvalue weighted by atomic mass is 35.5. The van der Waals surface area contributed by atoms with Gasteiger partial charge in [-0.1, -0.05) is 36.0 Å². The zero-order valence-corrected chi connectivity index (χ0v) is 12.6. The van der Waals surface area contributed by atoms with Crippen molar-refractivity contribution in [3.8, 4) is 0 Å². The molecule has 3 N–H and O–H groups in total. The van der Waals surface area contributed by atoms with Crippen LogP contribution in [0.25, 0.3) is 0 Å². The number of nitrogen functional groups attached to an aromatic ring is 1. The molecular weight excluding hydrogens is 299 g/mol. The highest BCUT2D eigenvalue weighted by Crippen LogP contribution is 2.31. The van der Waals surface area contributed by atoms with E-state index in [1.54, 1.807) is 4.90 Å². The van der Waals surface area contributed by atoms with Crippen LogP contribution in [0.4, 0.5) is 5.69 Å². The second-order valence-corrected chi connectivity index (χ2v) is 5.83. The molecule has 1 amide bonds. The van der Waals surface area contributed by atoms with Gasteiger partial charge in [0.2, 0.25) is 0 Å². The van der Waals surface area contributed by atoms with Crippen molar-refractivity contribution >= 4 is 34.8 Å². The monoisotopic (exact) mass is 316 g/mol. The summed E-state index contributed by atoms with van der Waals surface area (Å²) in [5.41, 5.74) is 6.37. The largest absolute Gasteiger partial charge is 0.396 e. The molecule has 1 saturated carbocycles. The maximum atomic E-state index is 12.6. The summed E-state index contributed by atoms with van der Waals surface area (Å²) in [6.45, 7) is 0.266. The molecule has 1 aliphatic carbocycles. The number of hydrogen-bond donors (Lipinski definition) is 2. The second-order valence-electron chi connectivity index (χ2n) is 5.01. The van der Waals surface area contributed by atoms with Crippen LogP contribution in [-0.2, 0) is 0 Å². The zero-order valence-electron chi connectivity index (χ0n) is 11.1. The summed E-state index contributed by atoms with van der Waals surface area (Å²) < 4.78 is 0. The van der Waals surface area contributed by atoms with E-state index in [1.807, 2.05) is 0 Å². The van der Waals surface area contributed by atoms with Crippen molar-refractivity contribution in [3.05, 3.63) is 27.7 Å². The van der Waals surface area contributed by atoms with Crippen LogP contribution in [0.15, 0.2) is 12.1 Å². The Labute approximate surface area is 128 Å². The highest BCUT2D eigenvalue weighted by Gasteiger charge is 2.27. The Bertz CT molecular complexity index is 479. The molecule has 0 heterocycles. The number of rotatable bonds is 4. The predicted octanol–water partition coefficient (Wildman–Crippen LogP) is 2.95. The van der Waals surface area contributed by atoms with Gasteiger partial charge in [0.1, 0.15) is 0 Å². The van der Waals surface area contributed by atoms with E-state index in [0.29, 0.717) is 12.1 Å². The molecule has 6 heteroatoms. The smallest absolute Gasteiger partial charge is 0.254 e. The van der Waals surface area contributed by atoms with Crippen molar-refractivity contribution < 1.29 is 9.90 Å². The third kappa shape index (κ3) is 3.19. The minimum atomic E-state index is -0.158. The summed E-state index contributed by atoms with van der Waals surface area (Å²) in [6, 6.07) is 3.25. The third-order valence-corrected chi connectivity index (χ3v) is 4.32. The first-order valence-electron chi connectivity index (χ1n) is 6.71. The lowest BCUT2D eigenvalue weighted by Gasteiger charge is -2.28. The van der Waals surface area contributed by atoms with Gasteiger partial charge in [-0.15, -0.1) is 0 Å². The van der Waals surface area contributed by atoms with Gasteiger partial charge in [-0.2, -0.15) is 0 Å². The average molecular weight is 317 g/mol. The van der Waals surface area contributed by atoms with Gasteiger partial charge in [0.25, 0.3) is 5.91 Å². The predicted molar refractivity (Wildman–Crippen MR) is 81.3 cm³/mol. The van der Waals surface area contributed by atoms with Crippen LogP contribution in [0.1, 0.15) is 36.0 Å². The molecule has 0 saturated heterocycles. The summed E-state index contributed by atoms with van der Waals surface area (Å²) in [4.78, 5) is 14.3. The van der Waals surface area contributed by atoms with E-state index >= 15 is 0 Å². The fraction of sp³-hybridized carbons (Fsp3) is 0.500. The minimum Gasteiger partial charge on any atom is -0.396 e. The summed E-state index contributed by atoms with van der Waals surface area (Å²) >= 11 is 12.0. The molecule has 0 atom stereocenters. The molecule has 20 heavy (non-hydrogen) atoms. The molecule has 1 aromatic carbocycles. The molecule has 0 spiro atoms. The Morgan fingerprint density at radius 2 is 1.85 bits per heavy atom. The topological polar surface area (TPSA) is 66.6 Å². The molecular formula is C14H18Cl2N2O2.